The van der Waals surface area contributed by atoms with Gasteiger partial charge in [0.2, 0.25) is 35.4 Å². The van der Waals surface area contributed by atoms with Crippen LogP contribution >= 0.6 is 0 Å². The number of phenolic OH excluding ortho intramolecular Hbond substituents is 1. The molecular weight excluding hydrogens is 1770 g/mol. The lowest BCUT2D eigenvalue weighted by atomic mass is 9.49. The number of nitrogens with one attached hydrogen (secondary N) is 4. The van der Waals surface area contributed by atoms with Crippen LogP contribution in [0.1, 0.15) is 265 Å². The van der Waals surface area contributed by atoms with Crippen molar-refractivity contribution in [1.82, 2.24) is 30.9 Å². The fourth-order valence-corrected chi connectivity index (χ4v) is 21.6. The molecule has 31 nitrogen and oxygen atoms in total. The molecule has 5 aromatic rings. The van der Waals surface area contributed by atoms with Gasteiger partial charge >= 0.3 is 0 Å². The largest absolute Gasteiger partial charge is 0.508 e. The molecule has 10 atom stereocenters. The second-order valence-electron chi connectivity index (χ2n) is 39.0. The topological polar surface area (TPSA) is 410 Å². The van der Waals surface area contributed by atoms with Crippen molar-refractivity contribution < 1.29 is 109 Å². The summed E-state index contributed by atoms with van der Waals surface area (Å²) < 4.78 is 84.0. The van der Waals surface area contributed by atoms with Crippen LogP contribution in [0.4, 0.5) is 11.4 Å². The molecule has 6 aliphatic rings. The van der Waals surface area contributed by atoms with E-state index in [1.54, 1.807) is 17.9 Å². The average Bonchev–Trinajstić information content (AvgIpc) is 1.14. The standard InChI is InChI=1S/C105H146N8O23S/c1-73(2)96(90(118)67-74(3)98(121)107-81-36-32-76-34-39-92-102(4,86(76)69-81)44-19-46-104(92,6)100(123)109-101(124)105(7)47-20-45-103(5)87-70-84(116)37-33-77(87)35-40-93(103)105)108-99(122)79(68-85(117)43-52-130-56-60-134-63-62-132-58-54-128-50-17-25-82(114)38-41-95(120)112-71-80-24-12-11-21-75(80)30-31-78-22-13-14-27-88(78)112)23-15-16-48-106-94(119)72-136-91-29-10-8-9-28-89-97(91)110-111-113(89)49-53-131-57-61-135-65-64-133-59-55-129-51-42-83(115)26-18-66-137(125,126)127/h11-14,21-22,24,27,32-33,36-37,69-70,73-74,79,91-93,96,116H,8-10,15-20,23,25-26,28-29,34-35,38-68,71-72H2,1-7H3,(H,106,119)(H,107,121)(H,108,122)(H,109,123,124)(H,125,126,127)/t74-,79+,91?,92-,93-,96+,102-,103-,104+,105+/m1/s1. The summed E-state index contributed by atoms with van der Waals surface area (Å²) in [5.74, 6) is 1.48. The Kier molecular flexibility index (Phi) is 42.0. The third-order valence-corrected chi connectivity index (χ3v) is 29.5. The number of benzene rings is 4. The van der Waals surface area contributed by atoms with Gasteiger partial charge in [-0.05, 0) is 195 Å². The van der Waals surface area contributed by atoms with Gasteiger partial charge in [0, 0.05) is 93.2 Å². The van der Waals surface area contributed by atoms with E-state index >= 15 is 0 Å². The predicted octanol–water partition coefficient (Wildman–Crippen LogP) is 13.0. The number of unbranched alkanes of at least 4 members (excludes halogenated alkanes) is 1. The number of hydrogen-bond acceptors (Lipinski definition) is 24. The van der Waals surface area contributed by atoms with Crippen molar-refractivity contribution >= 4 is 80.1 Å². The maximum atomic E-state index is 15.0. The SMILES string of the molecule is CC(C)[C@H](NC(=O)[C@@H](CCCCNC(=O)COC1CCCCCc2c1nnn2CCOCCOCCOCCOCCC(=O)CCCS(=O)(=O)O)CC(=O)CCOCCOCCOCCOCCCC(=O)CCC(=O)N1Cc2ccccc2C#Cc2ccccc21)C(=O)C[C@@H](C)C(=O)Nc1ccc2c(c1)[C@@]1(C)CCC[C@](C)(C(=O)NC(=O)[C@@]3(C)CCC[C@]4(C)c5cc(O)ccc5CC[C@@H]34)[C@@H]1CC2. The monoisotopic (exact) mass is 1920 g/mol. The van der Waals surface area contributed by atoms with Crippen molar-refractivity contribution in [1.29, 1.82) is 0 Å². The highest BCUT2D eigenvalue weighted by molar-refractivity contribution is 7.85. The van der Waals surface area contributed by atoms with E-state index in [9.17, 15) is 61.5 Å². The minimum Gasteiger partial charge on any atom is -0.508 e. The molecule has 1 aromatic heterocycles. The van der Waals surface area contributed by atoms with Crippen LogP contribution < -0.4 is 26.2 Å². The number of aromatic hydroxyl groups is 1. The zero-order valence-electron chi connectivity index (χ0n) is 81.4. The quantitative estimate of drug-likeness (QED) is 0.00911. The van der Waals surface area contributed by atoms with Crippen LogP contribution in [-0.2, 0) is 144 Å². The van der Waals surface area contributed by atoms with E-state index in [1.165, 1.54) is 5.56 Å². The molecule has 0 bridgehead atoms. The van der Waals surface area contributed by atoms with Crippen molar-refractivity contribution in [3.05, 3.63) is 135 Å². The Morgan fingerprint density at radius 1 is 0.540 bits per heavy atom. The van der Waals surface area contributed by atoms with Gasteiger partial charge in [-0.3, -0.25) is 57.8 Å². The molecule has 137 heavy (non-hydrogen) atoms. The Bertz CT molecular complexity index is 5090. The molecule has 0 saturated heterocycles. The second kappa shape index (κ2) is 53.3. The number of fused-ring (bicyclic) bond motifs is 9. The molecule has 6 amide bonds. The lowest BCUT2D eigenvalue weighted by Gasteiger charge is -2.56. The maximum Gasteiger partial charge on any atom is 0.264 e. The number of para-hydroxylation sites is 1. The summed E-state index contributed by atoms with van der Waals surface area (Å²) in [4.78, 5) is 141. The van der Waals surface area contributed by atoms with Crippen LogP contribution in [0, 0.1) is 52.3 Å². The van der Waals surface area contributed by atoms with Crippen molar-refractivity contribution in [2.45, 2.75) is 264 Å². The summed E-state index contributed by atoms with van der Waals surface area (Å²) in [5, 5.41) is 31.7. The van der Waals surface area contributed by atoms with Crippen molar-refractivity contribution in [3.8, 4) is 17.6 Å². The first-order valence-electron chi connectivity index (χ1n) is 49.7. The molecule has 750 valence electrons. The number of hydrogen-bond donors (Lipinski definition) is 6. The first kappa shape index (κ1) is 108. The number of ketones is 4. The number of phenols is 1. The number of nitrogens with zero attached hydrogens (tertiary/aromatic N) is 4. The van der Waals surface area contributed by atoms with E-state index in [4.69, 9.17) is 47.2 Å². The molecule has 2 saturated carbocycles. The predicted molar refractivity (Wildman–Crippen MR) is 515 cm³/mol. The first-order chi connectivity index (χ1) is 65.9. The smallest absolute Gasteiger partial charge is 0.264 e. The number of aromatic nitrogens is 3. The molecule has 0 radical (unpaired) electrons. The second-order valence-corrected chi connectivity index (χ2v) is 40.6. The summed E-state index contributed by atoms with van der Waals surface area (Å²) in [6.45, 7) is 19.3. The summed E-state index contributed by atoms with van der Waals surface area (Å²) in [6.07, 6.45) is 13.5. The van der Waals surface area contributed by atoms with Gasteiger partial charge in [0.05, 0.1) is 146 Å². The van der Waals surface area contributed by atoms with Crippen LogP contribution in [-0.4, -0.2) is 222 Å². The van der Waals surface area contributed by atoms with E-state index in [0.717, 1.165) is 115 Å². The molecule has 0 spiro atoms. The zero-order valence-corrected chi connectivity index (χ0v) is 82.3. The third kappa shape index (κ3) is 31.3. The van der Waals surface area contributed by atoms with Gasteiger partial charge in [0.25, 0.3) is 10.1 Å². The van der Waals surface area contributed by atoms with Gasteiger partial charge in [0.15, 0.2) is 5.78 Å². The minimum atomic E-state index is -4.09. The highest BCUT2D eigenvalue weighted by Gasteiger charge is 2.59. The lowest BCUT2D eigenvalue weighted by molar-refractivity contribution is -0.150. The summed E-state index contributed by atoms with van der Waals surface area (Å²) in [7, 11) is -4.09. The fraction of sp³-hybridized carbons (Fsp3) is 0.638. The molecule has 32 heteroatoms. The van der Waals surface area contributed by atoms with Crippen molar-refractivity contribution in [2.24, 2.45) is 40.4 Å². The first-order valence-corrected chi connectivity index (χ1v) is 51.4. The molecule has 4 aromatic carbocycles. The van der Waals surface area contributed by atoms with E-state index in [2.05, 4.69) is 57.3 Å². The number of carbonyl (C=O) groups is 10. The van der Waals surface area contributed by atoms with Crippen molar-refractivity contribution in [2.75, 3.05) is 135 Å². The summed E-state index contributed by atoms with van der Waals surface area (Å²) in [6, 6.07) is 25.9. The van der Waals surface area contributed by atoms with Gasteiger partial charge in [-0.1, -0.05) is 140 Å². The molecule has 2 heterocycles. The van der Waals surface area contributed by atoms with Gasteiger partial charge in [-0.2, -0.15) is 8.42 Å². The molecule has 11 rings (SSSR count). The zero-order chi connectivity index (χ0) is 98.0. The van der Waals surface area contributed by atoms with E-state index in [0.29, 0.717) is 142 Å². The highest BCUT2D eigenvalue weighted by atomic mass is 32.2. The molecule has 6 N–H and O–H groups in total. The van der Waals surface area contributed by atoms with Crippen molar-refractivity contribution in [3.63, 3.8) is 0 Å². The normalized spacial score (nSPS) is 21.1. The lowest BCUT2D eigenvalue weighted by Crippen LogP contribution is -2.60. The molecule has 1 aliphatic heterocycles. The number of ether oxygens (including phenoxy) is 9. The Hall–Kier alpha value is -9.37. The maximum absolute atomic E-state index is 15.0. The molecule has 2 fully saturated rings. The number of anilines is 2. The highest BCUT2D eigenvalue weighted by Crippen LogP contribution is 2.60. The Labute approximate surface area is 807 Å². The summed E-state index contributed by atoms with van der Waals surface area (Å²) >= 11 is 0. The van der Waals surface area contributed by atoms with Gasteiger partial charge < -0.3 is 68.6 Å². The number of amides is 6. The van der Waals surface area contributed by atoms with Gasteiger partial charge in [0.1, 0.15) is 41.5 Å². The number of Topliss-reactive ketones (excluding diaryl/α,β-unsaturated/α-hetero) is 4. The molecule has 1 unspecified atom stereocenters. The van der Waals surface area contributed by atoms with E-state index in [-0.39, 0.29) is 186 Å². The van der Waals surface area contributed by atoms with Crippen LogP contribution in [0.15, 0.2) is 84.9 Å². The molecule has 5 aliphatic carbocycles. The molecular formula is C105H146N8O23S. The Balaban J connectivity index is 0.609. The average molecular weight is 1920 g/mol. The van der Waals surface area contributed by atoms with E-state index < -0.39 is 67.9 Å². The van der Waals surface area contributed by atoms with Crippen LogP contribution in [0.25, 0.3) is 0 Å². The fourth-order valence-electron chi connectivity index (χ4n) is 21.1. The number of aryl methyl sites for hydroxylation is 2. The van der Waals surface area contributed by atoms with Gasteiger partial charge in [-0.25, -0.2) is 4.68 Å². The number of rotatable bonds is 58. The third-order valence-electron chi connectivity index (χ3n) is 28.7. The van der Waals surface area contributed by atoms with Crippen LogP contribution in [0.5, 0.6) is 5.75 Å². The number of carbonyl (C=O) groups excluding carboxylic acids is 10. The van der Waals surface area contributed by atoms with Gasteiger partial charge in [-0.15, -0.1) is 5.10 Å². The van der Waals surface area contributed by atoms with Crippen LogP contribution in [0.2, 0.25) is 0 Å². The van der Waals surface area contributed by atoms with Crippen LogP contribution in [0.3, 0.4) is 0 Å². The Morgan fingerprint density at radius 2 is 1.10 bits per heavy atom. The summed E-state index contributed by atoms with van der Waals surface area (Å²) in [5.41, 5.74) is 7.52. The minimum absolute atomic E-state index is 0.0112. The number of imide groups is 1. The van der Waals surface area contributed by atoms with E-state index in [1.807, 2.05) is 111 Å². The Morgan fingerprint density at radius 3 is 1.74 bits per heavy atom.